The largest absolute Gasteiger partial charge is 0.356 e. The van der Waals surface area contributed by atoms with E-state index in [1.165, 1.54) is 0 Å². The number of likely N-dealkylation sites (N-methyl/N-ethyl adjacent to an activating group) is 1. The van der Waals surface area contributed by atoms with E-state index in [4.69, 9.17) is 0 Å². The summed E-state index contributed by atoms with van der Waals surface area (Å²) >= 11 is 0. The number of anilines is 1. The molecule has 7 nitrogen and oxygen atoms in total. The van der Waals surface area contributed by atoms with E-state index in [-0.39, 0.29) is 17.2 Å². The Kier molecular flexibility index (Phi) is 5.99. The SMILES string of the molecule is CNC(=O)c1ccnc(N2CCC[C@@]3(CCC(=O)N(CCN(C)C)C3)C2)c1. The normalized spacial score (nSPS) is 23.2. The molecule has 2 fully saturated rings. The number of carbonyl (C=O) groups excluding carboxylic acids is 2. The molecule has 3 heterocycles. The number of likely N-dealkylation sites (tertiary alicyclic amines) is 1. The number of nitrogens with zero attached hydrogens (tertiary/aromatic N) is 4. The lowest BCUT2D eigenvalue weighted by molar-refractivity contribution is -0.138. The molecule has 148 valence electrons. The van der Waals surface area contributed by atoms with Crippen molar-refractivity contribution >= 4 is 17.6 Å². The summed E-state index contributed by atoms with van der Waals surface area (Å²) < 4.78 is 0. The summed E-state index contributed by atoms with van der Waals surface area (Å²) in [6.07, 6.45) is 5.50. The highest BCUT2D eigenvalue weighted by atomic mass is 16.2. The van der Waals surface area contributed by atoms with Crippen LogP contribution in [0, 0.1) is 5.41 Å². The van der Waals surface area contributed by atoms with Gasteiger partial charge >= 0.3 is 0 Å². The molecule has 1 aromatic heterocycles. The van der Waals surface area contributed by atoms with Crippen molar-refractivity contribution in [2.45, 2.75) is 25.7 Å². The van der Waals surface area contributed by atoms with Crippen molar-refractivity contribution in [3.05, 3.63) is 23.9 Å². The summed E-state index contributed by atoms with van der Waals surface area (Å²) in [5.74, 6) is 1.04. The van der Waals surface area contributed by atoms with Crippen molar-refractivity contribution in [2.75, 3.05) is 58.8 Å². The summed E-state index contributed by atoms with van der Waals surface area (Å²) in [5, 5.41) is 2.67. The van der Waals surface area contributed by atoms with E-state index < -0.39 is 0 Å². The van der Waals surface area contributed by atoms with E-state index >= 15 is 0 Å². The summed E-state index contributed by atoms with van der Waals surface area (Å²) in [6, 6.07) is 3.61. The first-order valence-electron chi connectivity index (χ1n) is 9.78. The number of amides is 2. The lowest BCUT2D eigenvalue weighted by Gasteiger charge is -2.48. The number of nitrogens with one attached hydrogen (secondary N) is 1. The maximum atomic E-state index is 12.4. The number of piperidine rings is 2. The fraction of sp³-hybridized carbons (Fsp3) is 0.650. The van der Waals surface area contributed by atoms with E-state index in [0.717, 1.165) is 57.8 Å². The number of hydrogen-bond donors (Lipinski definition) is 1. The van der Waals surface area contributed by atoms with Crippen LogP contribution in [0.4, 0.5) is 5.82 Å². The smallest absolute Gasteiger partial charge is 0.251 e. The molecule has 2 amide bonds. The van der Waals surface area contributed by atoms with E-state index in [2.05, 4.69) is 20.1 Å². The van der Waals surface area contributed by atoms with Gasteiger partial charge in [0.2, 0.25) is 5.91 Å². The van der Waals surface area contributed by atoms with Gasteiger partial charge in [0.1, 0.15) is 5.82 Å². The highest BCUT2D eigenvalue weighted by Crippen LogP contribution is 2.39. The molecule has 1 aromatic rings. The molecule has 0 unspecified atom stereocenters. The maximum absolute atomic E-state index is 12.4. The van der Waals surface area contributed by atoms with Gasteiger partial charge in [-0.1, -0.05) is 0 Å². The van der Waals surface area contributed by atoms with Gasteiger partial charge in [0.05, 0.1) is 0 Å². The van der Waals surface area contributed by atoms with Crippen LogP contribution in [-0.2, 0) is 4.79 Å². The van der Waals surface area contributed by atoms with E-state index in [0.29, 0.717) is 12.0 Å². The number of hydrogen-bond acceptors (Lipinski definition) is 5. The van der Waals surface area contributed by atoms with Crippen molar-refractivity contribution in [2.24, 2.45) is 5.41 Å². The Balaban J connectivity index is 1.73. The predicted octanol–water partition coefficient (Wildman–Crippen LogP) is 1.21. The Morgan fingerprint density at radius 3 is 2.89 bits per heavy atom. The zero-order valence-electron chi connectivity index (χ0n) is 16.7. The molecule has 0 bridgehead atoms. The quantitative estimate of drug-likeness (QED) is 0.840. The third-order valence-electron chi connectivity index (χ3n) is 5.79. The van der Waals surface area contributed by atoms with Gasteiger partial charge in [0.15, 0.2) is 0 Å². The molecule has 2 saturated heterocycles. The molecule has 2 aliphatic rings. The average molecular weight is 374 g/mol. The van der Waals surface area contributed by atoms with Crippen LogP contribution in [0.25, 0.3) is 0 Å². The molecular formula is C20H31N5O2. The Morgan fingerprint density at radius 1 is 1.33 bits per heavy atom. The second-order valence-electron chi connectivity index (χ2n) is 8.13. The van der Waals surface area contributed by atoms with Crippen molar-refractivity contribution in [1.29, 1.82) is 0 Å². The van der Waals surface area contributed by atoms with Crippen LogP contribution in [0.15, 0.2) is 18.3 Å². The van der Waals surface area contributed by atoms with Crippen molar-refractivity contribution < 1.29 is 9.59 Å². The molecule has 0 aliphatic carbocycles. The van der Waals surface area contributed by atoms with Gasteiger partial charge in [-0.25, -0.2) is 4.98 Å². The highest BCUT2D eigenvalue weighted by molar-refractivity contribution is 5.94. The van der Waals surface area contributed by atoms with Gasteiger partial charge < -0.3 is 20.0 Å². The standard InChI is InChI=1S/C20H31N5O2/c1-21-19(27)16-6-9-22-17(13-16)24-10-4-7-20(14-24)8-5-18(26)25(15-20)12-11-23(2)3/h6,9,13H,4-5,7-8,10-12,14-15H2,1-3H3,(H,21,27)/t20-/m1/s1. The van der Waals surface area contributed by atoms with Gasteiger partial charge in [0, 0.05) is 63.4 Å². The Morgan fingerprint density at radius 2 is 2.15 bits per heavy atom. The topological polar surface area (TPSA) is 68.8 Å². The summed E-state index contributed by atoms with van der Waals surface area (Å²) in [6.45, 7) is 4.34. The second-order valence-corrected chi connectivity index (χ2v) is 8.13. The molecule has 1 atom stereocenters. The molecule has 27 heavy (non-hydrogen) atoms. The Hall–Kier alpha value is -2.15. The average Bonchev–Trinajstić information content (AvgIpc) is 2.68. The molecule has 3 rings (SSSR count). The minimum Gasteiger partial charge on any atom is -0.356 e. The number of pyridine rings is 1. The Labute approximate surface area is 161 Å². The lowest BCUT2D eigenvalue weighted by atomic mass is 9.73. The molecular weight excluding hydrogens is 342 g/mol. The molecule has 1 N–H and O–H groups in total. The van der Waals surface area contributed by atoms with E-state index in [1.54, 1.807) is 19.3 Å². The number of aromatic nitrogens is 1. The van der Waals surface area contributed by atoms with E-state index in [9.17, 15) is 9.59 Å². The van der Waals surface area contributed by atoms with Crippen molar-refractivity contribution in [1.82, 2.24) is 20.1 Å². The number of rotatable bonds is 5. The monoisotopic (exact) mass is 373 g/mol. The first-order valence-corrected chi connectivity index (χ1v) is 9.78. The second kappa shape index (κ2) is 8.25. The summed E-state index contributed by atoms with van der Waals surface area (Å²) in [7, 11) is 5.72. The molecule has 0 saturated carbocycles. The first-order chi connectivity index (χ1) is 12.9. The minimum absolute atomic E-state index is 0.0940. The van der Waals surface area contributed by atoms with Gasteiger partial charge in [0.25, 0.3) is 5.91 Å². The van der Waals surface area contributed by atoms with Crippen LogP contribution in [-0.4, -0.2) is 80.5 Å². The molecule has 1 spiro atoms. The first kappa shape index (κ1) is 19.6. The van der Waals surface area contributed by atoms with Crippen LogP contribution in [0.3, 0.4) is 0 Å². The third kappa shape index (κ3) is 4.58. The molecule has 7 heteroatoms. The third-order valence-corrected chi connectivity index (χ3v) is 5.79. The van der Waals surface area contributed by atoms with Crippen LogP contribution in [0.5, 0.6) is 0 Å². The minimum atomic E-state index is -0.0940. The van der Waals surface area contributed by atoms with Gasteiger partial charge in [-0.3, -0.25) is 9.59 Å². The molecule has 2 aliphatic heterocycles. The van der Waals surface area contributed by atoms with Crippen LogP contribution < -0.4 is 10.2 Å². The zero-order valence-corrected chi connectivity index (χ0v) is 16.7. The highest BCUT2D eigenvalue weighted by Gasteiger charge is 2.41. The van der Waals surface area contributed by atoms with E-state index in [1.807, 2.05) is 25.1 Å². The van der Waals surface area contributed by atoms with Gasteiger partial charge in [-0.05, 0) is 45.5 Å². The summed E-state index contributed by atoms with van der Waals surface area (Å²) in [5.41, 5.74) is 0.761. The number of carbonyl (C=O) groups is 2. The van der Waals surface area contributed by atoms with Crippen molar-refractivity contribution in [3.63, 3.8) is 0 Å². The van der Waals surface area contributed by atoms with Crippen LogP contribution >= 0.6 is 0 Å². The van der Waals surface area contributed by atoms with Crippen molar-refractivity contribution in [3.8, 4) is 0 Å². The predicted molar refractivity (Wildman–Crippen MR) is 106 cm³/mol. The lowest BCUT2D eigenvalue weighted by Crippen LogP contribution is -2.55. The fourth-order valence-electron chi connectivity index (χ4n) is 4.24. The Bertz CT molecular complexity index is 693. The molecule has 0 aromatic carbocycles. The van der Waals surface area contributed by atoms with Crippen LogP contribution in [0.1, 0.15) is 36.0 Å². The summed E-state index contributed by atoms with van der Waals surface area (Å²) in [4.78, 5) is 35.3. The maximum Gasteiger partial charge on any atom is 0.251 e. The molecule has 0 radical (unpaired) electrons. The van der Waals surface area contributed by atoms with Crippen LogP contribution in [0.2, 0.25) is 0 Å². The zero-order chi connectivity index (χ0) is 19.4. The van der Waals surface area contributed by atoms with Gasteiger partial charge in [-0.15, -0.1) is 0 Å². The van der Waals surface area contributed by atoms with Gasteiger partial charge in [-0.2, -0.15) is 0 Å². The fourth-order valence-corrected chi connectivity index (χ4v) is 4.24.